The molecule has 2 aromatic rings. The summed E-state index contributed by atoms with van der Waals surface area (Å²) in [6.45, 7) is 0.321. The summed E-state index contributed by atoms with van der Waals surface area (Å²) < 4.78 is 0. The van der Waals surface area contributed by atoms with Gasteiger partial charge in [0.25, 0.3) is 5.69 Å². The van der Waals surface area contributed by atoms with Crippen LogP contribution in [0.5, 0.6) is 0 Å². The van der Waals surface area contributed by atoms with Crippen molar-refractivity contribution in [2.24, 2.45) is 5.73 Å². The molecular formula is C14H13Cl3N2O2. The van der Waals surface area contributed by atoms with E-state index in [0.717, 1.165) is 16.7 Å². The second-order valence-electron chi connectivity index (χ2n) is 4.37. The average Bonchev–Trinajstić information content (AvgIpc) is 2.37. The molecule has 0 saturated carbocycles. The molecule has 2 rings (SSSR count). The van der Waals surface area contributed by atoms with Crippen LogP contribution >= 0.6 is 35.6 Å². The Bertz CT molecular complexity index is 642. The molecule has 2 N–H and O–H groups in total. The highest BCUT2D eigenvalue weighted by molar-refractivity contribution is 6.34. The highest BCUT2D eigenvalue weighted by Gasteiger charge is 2.11. The van der Waals surface area contributed by atoms with E-state index in [9.17, 15) is 10.1 Å². The second-order valence-corrected chi connectivity index (χ2v) is 5.24. The molecule has 0 saturated heterocycles. The Morgan fingerprint density at radius 1 is 1.05 bits per heavy atom. The quantitative estimate of drug-likeness (QED) is 0.659. The lowest BCUT2D eigenvalue weighted by Gasteiger charge is -2.09. The monoisotopic (exact) mass is 346 g/mol. The summed E-state index contributed by atoms with van der Waals surface area (Å²) in [5.74, 6) is 0. The van der Waals surface area contributed by atoms with E-state index in [0.29, 0.717) is 23.0 Å². The van der Waals surface area contributed by atoms with E-state index >= 15 is 0 Å². The first-order valence-corrected chi connectivity index (χ1v) is 6.66. The molecule has 2 aromatic carbocycles. The van der Waals surface area contributed by atoms with Crippen molar-refractivity contribution < 1.29 is 4.92 Å². The Balaban J connectivity index is 0.00000220. The molecule has 0 amide bonds. The van der Waals surface area contributed by atoms with E-state index in [1.54, 1.807) is 24.3 Å². The van der Waals surface area contributed by atoms with Gasteiger partial charge in [0.15, 0.2) is 0 Å². The third-order valence-corrected chi connectivity index (χ3v) is 3.37. The first kappa shape index (κ1) is 17.7. The number of nitrogens with zero attached hydrogens (tertiary/aromatic N) is 1. The fourth-order valence-electron chi connectivity index (χ4n) is 2.02. The Kier molecular flexibility index (Phi) is 6.42. The Morgan fingerprint density at radius 3 is 2.19 bits per heavy atom. The van der Waals surface area contributed by atoms with Crippen LogP contribution in [0.25, 0.3) is 0 Å². The predicted molar refractivity (Wildman–Crippen MR) is 87.5 cm³/mol. The van der Waals surface area contributed by atoms with Gasteiger partial charge in [0, 0.05) is 28.7 Å². The number of non-ortho nitro benzene ring substituents is 1. The third kappa shape index (κ3) is 4.58. The van der Waals surface area contributed by atoms with E-state index in [-0.39, 0.29) is 18.1 Å². The summed E-state index contributed by atoms with van der Waals surface area (Å²) in [7, 11) is 0. The van der Waals surface area contributed by atoms with Gasteiger partial charge < -0.3 is 5.73 Å². The SMILES string of the molecule is Cl.NCc1ccc([N+](=O)[O-])cc1Cc1cc(Cl)cc(Cl)c1. The summed E-state index contributed by atoms with van der Waals surface area (Å²) in [5, 5.41) is 11.9. The Morgan fingerprint density at radius 2 is 1.67 bits per heavy atom. The molecule has 21 heavy (non-hydrogen) atoms. The minimum absolute atomic E-state index is 0. The predicted octanol–water partition coefficient (Wildman–Crippen LogP) is 4.37. The highest BCUT2D eigenvalue weighted by Crippen LogP contribution is 2.24. The molecule has 112 valence electrons. The number of nitrogens with two attached hydrogens (primary N) is 1. The number of hydrogen-bond donors (Lipinski definition) is 1. The van der Waals surface area contributed by atoms with Crippen molar-refractivity contribution >= 4 is 41.3 Å². The van der Waals surface area contributed by atoms with Gasteiger partial charge in [-0.25, -0.2) is 0 Å². The number of rotatable bonds is 4. The molecule has 0 atom stereocenters. The molecule has 0 aliphatic heterocycles. The molecule has 0 radical (unpaired) electrons. The van der Waals surface area contributed by atoms with Crippen molar-refractivity contribution in [1.29, 1.82) is 0 Å². The van der Waals surface area contributed by atoms with Crippen molar-refractivity contribution in [3.05, 3.63) is 73.2 Å². The normalized spacial score (nSPS) is 10.0. The van der Waals surface area contributed by atoms with Crippen molar-refractivity contribution in [1.82, 2.24) is 0 Å². The second kappa shape index (κ2) is 7.61. The average molecular weight is 348 g/mol. The molecule has 0 fully saturated rings. The van der Waals surface area contributed by atoms with Crippen LogP contribution in [0.15, 0.2) is 36.4 Å². The standard InChI is InChI=1S/C14H12Cl2N2O2.ClH/c15-12-4-9(5-13(16)7-12)3-11-6-14(18(19)20)2-1-10(11)8-17;/h1-2,4-7H,3,8,17H2;1H. The van der Waals surface area contributed by atoms with Gasteiger partial charge >= 0.3 is 0 Å². The highest BCUT2D eigenvalue weighted by atomic mass is 35.5. The fourth-order valence-corrected chi connectivity index (χ4v) is 2.59. The largest absolute Gasteiger partial charge is 0.326 e. The summed E-state index contributed by atoms with van der Waals surface area (Å²) in [6, 6.07) is 9.89. The van der Waals surface area contributed by atoms with Crippen LogP contribution in [0, 0.1) is 10.1 Å². The van der Waals surface area contributed by atoms with Crippen LogP contribution in [-0.4, -0.2) is 4.92 Å². The topological polar surface area (TPSA) is 69.2 Å². The van der Waals surface area contributed by atoms with Crippen LogP contribution in [0.2, 0.25) is 10.0 Å². The van der Waals surface area contributed by atoms with Gasteiger partial charge in [-0.15, -0.1) is 12.4 Å². The van der Waals surface area contributed by atoms with Crippen molar-refractivity contribution in [2.45, 2.75) is 13.0 Å². The lowest BCUT2D eigenvalue weighted by Crippen LogP contribution is -2.03. The third-order valence-electron chi connectivity index (χ3n) is 2.94. The van der Waals surface area contributed by atoms with Gasteiger partial charge in [-0.3, -0.25) is 10.1 Å². The van der Waals surface area contributed by atoms with Crippen LogP contribution in [0.3, 0.4) is 0 Å². The summed E-state index contributed by atoms with van der Waals surface area (Å²) in [6.07, 6.45) is 0.495. The molecule has 0 aliphatic carbocycles. The fraction of sp³-hybridized carbons (Fsp3) is 0.143. The van der Waals surface area contributed by atoms with E-state index in [2.05, 4.69) is 0 Å². The van der Waals surface area contributed by atoms with Crippen molar-refractivity contribution in [3.8, 4) is 0 Å². The Hall–Kier alpha value is -1.33. The van der Waals surface area contributed by atoms with E-state index in [1.165, 1.54) is 12.1 Å². The molecule has 0 spiro atoms. The van der Waals surface area contributed by atoms with Crippen LogP contribution in [0.4, 0.5) is 5.69 Å². The van der Waals surface area contributed by atoms with Crippen molar-refractivity contribution in [3.63, 3.8) is 0 Å². The minimum Gasteiger partial charge on any atom is -0.326 e. The van der Waals surface area contributed by atoms with Gasteiger partial charge in [-0.2, -0.15) is 0 Å². The molecule has 0 unspecified atom stereocenters. The molecule has 4 nitrogen and oxygen atoms in total. The zero-order chi connectivity index (χ0) is 14.7. The molecule has 0 bridgehead atoms. The van der Waals surface area contributed by atoms with E-state index in [4.69, 9.17) is 28.9 Å². The van der Waals surface area contributed by atoms with Gasteiger partial charge in [-0.1, -0.05) is 29.3 Å². The minimum atomic E-state index is -0.422. The number of benzene rings is 2. The Labute approximate surface area is 138 Å². The first-order chi connectivity index (χ1) is 9.49. The molecule has 0 aliphatic rings. The van der Waals surface area contributed by atoms with Crippen molar-refractivity contribution in [2.75, 3.05) is 0 Å². The number of hydrogen-bond acceptors (Lipinski definition) is 3. The number of nitro groups is 1. The first-order valence-electron chi connectivity index (χ1n) is 5.91. The van der Waals surface area contributed by atoms with Gasteiger partial charge in [0.05, 0.1) is 4.92 Å². The lowest BCUT2D eigenvalue weighted by molar-refractivity contribution is -0.384. The van der Waals surface area contributed by atoms with Crippen LogP contribution < -0.4 is 5.73 Å². The van der Waals surface area contributed by atoms with Crippen LogP contribution in [-0.2, 0) is 13.0 Å². The smallest absolute Gasteiger partial charge is 0.269 e. The maximum absolute atomic E-state index is 10.8. The van der Waals surface area contributed by atoms with E-state index in [1.807, 2.05) is 0 Å². The zero-order valence-corrected chi connectivity index (χ0v) is 13.2. The summed E-state index contributed by atoms with van der Waals surface area (Å²) in [4.78, 5) is 10.4. The van der Waals surface area contributed by atoms with Crippen LogP contribution in [0.1, 0.15) is 16.7 Å². The number of nitro benzene ring substituents is 1. The number of halogens is 3. The van der Waals surface area contributed by atoms with Gasteiger partial charge in [0.1, 0.15) is 0 Å². The molecular weight excluding hydrogens is 335 g/mol. The molecule has 7 heteroatoms. The van der Waals surface area contributed by atoms with Gasteiger partial charge in [-0.05, 0) is 41.3 Å². The zero-order valence-electron chi connectivity index (χ0n) is 10.9. The summed E-state index contributed by atoms with van der Waals surface area (Å²) in [5.41, 5.74) is 8.27. The van der Waals surface area contributed by atoms with E-state index < -0.39 is 4.92 Å². The summed E-state index contributed by atoms with van der Waals surface area (Å²) >= 11 is 11.9. The maximum atomic E-state index is 10.8. The molecule has 0 heterocycles. The van der Waals surface area contributed by atoms with Gasteiger partial charge in [0.2, 0.25) is 0 Å². The maximum Gasteiger partial charge on any atom is 0.269 e. The lowest BCUT2D eigenvalue weighted by atomic mass is 9.99. The molecule has 0 aromatic heterocycles.